The van der Waals surface area contributed by atoms with E-state index in [9.17, 15) is 9.59 Å². The Balaban J connectivity index is 1.89. The Morgan fingerprint density at radius 2 is 2.11 bits per heavy atom. The SMILES string of the molecule is O=C(NCC1(C(=O)O)CC1)Nc1ccc(I)cc1Br. The zero-order chi connectivity index (χ0) is 14.0. The van der Waals surface area contributed by atoms with Gasteiger partial charge >= 0.3 is 12.0 Å². The molecule has 1 aliphatic rings. The Hall–Kier alpha value is -0.830. The topological polar surface area (TPSA) is 78.4 Å². The van der Waals surface area contributed by atoms with Gasteiger partial charge in [-0.05, 0) is 69.6 Å². The Kier molecular flexibility index (Phi) is 4.34. The maximum atomic E-state index is 11.7. The zero-order valence-corrected chi connectivity index (χ0v) is 13.6. The third kappa shape index (κ3) is 3.59. The van der Waals surface area contributed by atoms with Crippen LogP contribution in [0.5, 0.6) is 0 Å². The number of urea groups is 1. The molecule has 19 heavy (non-hydrogen) atoms. The fraction of sp³-hybridized carbons (Fsp3) is 0.333. The number of amides is 2. The fourth-order valence-corrected chi connectivity index (χ4v) is 3.02. The van der Waals surface area contributed by atoms with Crippen LogP contribution in [0.1, 0.15) is 12.8 Å². The minimum atomic E-state index is -0.844. The van der Waals surface area contributed by atoms with Gasteiger partial charge in [0.05, 0.1) is 11.1 Å². The standard InChI is InChI=1S/C12H12BrIN2O3/c13-8-5-7(14)1-2-9(8)16-11(19)15-6-12(3-4-12)10(17)18/h1-2,5H,3-4,6H2,(H,17,18)(H2,15,16,19). The molecule has 2 rings (SSSR count). The molecule has 7 heteroatoms. The van der Waals surface area contributed by atoms with E-state index in [1.54, 1.807) is 6.07 Å². The van der Waals surface area contributed by atoms with Gasteiger partial charge in [-0.3, -0.25) is 4.79 Å². The average molecular weight is 439 g/mol. The largest absolute Gasteiger partial charge is 0.481 e. The van der Waals surface area contributed by atoms with E-state index in [-0.39, 0.29) is 6.54 Å². The minimum absolute atomic E-state index is 0.163. The molecule has 5 nitrogen and oxygen atoms in total. The van der Waals surface area contributed by atoms with Crippen LogP contribution in [0.15, 0.2) is 22.7 Å². The number of carbonyl (C=O) groups is 2. The number of carboxylic acid groups (broad SMARTS) is 1. The van der Waals surface area contributed by atoms with Gasteiger partial charge in [0.25, 0.3) is 0 Å². The highest BCUT2D eigenvalue weighted by molar-refractivity contribution is 14.1. The van der Waals surface area contributed by atoms with E-state index in [0.29, 0.717) is 18.5 Å². The molecule has 1 aliphatic carbocycles. The summed E-state index contributed by atoms with van der Waals surface area (Å²) >= 11 is 5.54. The number of rotatable bonds is 4. The van der Waals surface area contributed by atoms with Crippen LogP contribution >= 0.6 is 38.5 Å². The van der Waals surface area contributed by atoms with E-state index in [1.807, 2.05) is 12.1 Å². The first-order valence-electron chi connectivity index (χ1n) is 5.66. The van der Waals surface area contributed by atoms with Gasteiger partial charge < -0.3 is 15.7 Å². The summed E-state index contributed by atoms with van der Waals surface area (Å²) in [6.07, 6.45) is 1.24. The molecule has 0 radical (unpaired) electrons. The van der Waals surface area contributed by atoms with Gasteiger partial charge in [-0.1, -0.05) is 0 Å². The lowest BCUT2D eigenvalue weighted by Crippen LogP contribution is -2.36. The number of carbonyl (C=O) groups excluding carboxylic acids is 1. The van der Waals surface area contributed by atoms with Crippen LogP contribution in [0.3, 0.4) is 0 Å². The highest BCUT2D eigenvalue weighted by Gasteiger charge is 2.50. The van der Waals surface area contributed by atoms with Gasteiger partial charge in [0, 0.05) is 14.6 Å². The van der Waals surface area contributed by atoms with Gasteiger partial charge in [-0.15, -0.1) is 0 Å². The maximum absolute atomic E-state index is 11.7. The molecule has 1 fully saturated rings. The van der Waals surface area contributed by atoms with E-state index in [2.05, 4.69) is 49.2 Å². The molecule has 0 spiro atoms. The van der Waals surface area contributed by atoms with Crippen molar-refractivity contribution in [3.05, 3.63) is 26.2 Å². The summed E-state index contributed by atoms with van der Waals surface area (Å²) in [6.45, 7) is 0.163. The van der Waals surface area contributed by atoms with Crippen LogP contribution in [-0.4, -0.2) is 23.7 Å². The second-order valence-electron chi connectivity index (χ2n) is 4.52. The molecule has 2 amide bonds. The summed E-state index contributed by atoms with van der Waals surface area (Å²) in [7, 11) is 0. The number of nitrogens with one attached hydrogen (secondary N) is 2. The first kappa shape index (κ1) is 14.6. The Morgan fingerprint density at radius 3 is 2.63 bits per heavy atom. The van der Waals surface area contributed by atoms with E-state index < -0.39 is 17.4 Å². The van der Waals surface area contributed by atoms with Crippen LogP contribution in [-0.2, 0) is 4.79 Å². The van der Waals surface area contributed by atoms with Crippen LogP contribution in [0.4, 0.5) is 10.5 Å². The maximum Gasteiger partial charge on any atom is 0.319 e. The molecule has 0 saturated heterocycles. The smallest absolute Gasteiger partial charge is 0.319 e. The number of halogens is 2. The molecule has 0 aliphatic heterocycles. The molecule has 1 saturated carbocycles. The predicted octanol–water partition coefficient (Wildman–Crippen LogP) is 3.04. The summed E-state index contributed by atoms with van der Waals surface area (Å²) in [4.78, 5) is 22.7. The third-order valence-electron chi connectivity index (χ3n) is 3.07. The lowest BCUT2D eigenvalue weighted by Gasteiger charge is -2.13. The zero-order valence-electron chi connectivity index (χ0n) is 9.87. The molecule has 0 aromatic heterocycles. The van der Waals surface area contributed by atoms with Gasteiger partial charge in [0.15, 0.2) is 0 Å². The average Bonchev–Trinajstić information content (AvgIpc) is 3.11. The first-order valence-corrected chi connectivity index (χ1v) is 7.53. The Bertz CT molecular complexity index is 532. The van der Waals surface area contributed by atoms with Crippen molar-refractivity contribution in [1.29, 1.82) is 0 Å². The number of carboxylic acids is 1. The van der Waals surface area contributed by atoms with Crippen molar-refractivity contribution in [2.24, 2.45) is 5.41 Å². The summed E-state index contributed by atoms with van der Waals surface area (Å²) in [5.41, 5.74) is -0.0984. The lowest BCUT2D eigenvalue weighted by atomic mass is 10.1. The van der Waals surface area contributed by atoms with E-state index in [4.69, 9.17) is 5.11 Å². The summed E-state index contributed by atoms with van der Waals surface area (Å²) in [6, 6.07) is 5.15. The molecular weight excluding hydrogens is 427 g/mol. The predicted molar refractivity (Wildman–Crippen MR) is 83.2 cm³/mol. The number of anilines is 1. The van der Waals surface area contributed by atoms with Crippen LogP contribution < -0.4 is 10.6 Å². The molecule has 0 atom stereocenters. The van der Waals surface area contributed by atoms with Crippen molar-refractivity contribution in [3.63, 3.8) is 0 Å². The van der Waals surface area contributed by atoms with Crippen LogP contribution in [0, 0.1) is 8.99 Å². The quantitative estimate of drug-likeness (QED) is 0.632. The van der Waals surface area contributed by atoms with Gasteiger partial charge in [-0.2, -0.15) is 0 Å². The number of aliphatic carboxylic acids is 1. The Labute approximate surface area is 132 Å². The second-order valence-corrected chi connectivity index (χ2v) is 6.62. The number of hydrogen-bond donors (Lipinski definition) is 3. The van der Waals surface area contributed by atoms with E-state index in [0.717, 1.165) is 8.04 Å². The lowest BCUT2D eigenvalue weighted by molar-refractivity contribution is -0.143. The fourth-order valence-electron chi connectivity index (χ4n) is 1.62. The number of hydrogen-bond acceptors (Lipinski definition) is 2. The van der Waals surface area contributed by atoms with Crippen molar-refractivity contribution in [3.8, 4) is 0 Å². The van der Waals surface area contributed by atoms with Crippen molar-refractivity contribution >= 4 is 56.2 Å². The highest BCUT2D eigenvalue weighted by Crippen LogP contribution is 2.45. The molecule has 3 N–H and O–H groups in total. The van der Waals surface area contributed by atoms with Crippen molar-refractivity contribution in [1.82, 2.24) is 5.32 Å². The molecule has 0 bridgehead atoms. The summed E-state index contributed by atoms with van der Waals surface area (Å²) < 4.78 is 1.84. The molecule has 102 valence electrons. The van der Waals surface area contributed by atoms with Gasteiger partial charge in [0.1, 0.15) is 0 Å². The van der Waals surface area contributed by atoms with Crippen molar-refractivity contribution < 1.29 is 14.7 Å². The van der Waals surface area contributed by atoms with Gasteiger partial charge in [0.2, 0.25) is 0 Å². The normalized spacial score (nSPS) is 15.7. The highest BCUT2D eigenvalue weighted by atomic mass is 127. The molecule has 0 unspecified atom stereocenters. The van der Waals surface area contributed by atoms with E-state index >= 15 is 0 Å². The second kappa shape index (κ2) is 5.66. The van der Waals surface area contributed by atoms with E-state index in [1.165, 1.54) is 0 Å². The molecule has 0 heterocycles. The molecular formula is C12H12BrIN2O3. The third-order valence-corrected chi connectivity index (χ3v) is 4.40. The monoisotopic (exact) mass is 438 g/mol. The van der Waals surface area contributed by atoms with Crippen LogP contribution in [0.2, 0.25) is 0 Å². The molecule has 1 aromatic rings. The first-order chi connectivity index (χ1) is 8.93. The van der Waals surface area contributed by atoms with Crippen LogP contribution in [0.25, 0.3) is 0 Å². The Morgan fingerprint density at radius 1 is 1.42 bits per heavy atom. The molecule has 1 aromatic carbocycles. The summed E-state index contributed by atoms with van der Waals surface area (Å²) in [5.74, 6) is -0.844. The van der Waals surface area contributed by atoms with Gasteiger partial charge in [-0.25, -0.2) is 4.79 Å². The van der Waals surface area contributed by atoms with Crippen molar-refractivity contribution in [2.75, 3.05) is 11.9 Å². The van der Waals surface area contributed by atoms with Crippen molar-refractivity contribution in [2.45, 2.75) is 12.8 Å². The summed E-state index contributed by atoms with van der Waals surface area (Å²) in [5, 5.41) is 14.3. The number of benzene rings is 1. The minimum Gasteiger partial charge on any atom is -0.481 e.